The van der Waals surface area contributed by atoms with E-state index in [9.17, 15) is 19.7 Å². The summed E-state index contributed by atoms with van der Waals surface area (Å²) in [4.78, 5) is 33.6. The van der Waals surface area contributed by atoms with Gasteiger partial charge in [-0.25, -0.2) is 0 Å². The molecule has 2 amide bonds. The Labute approximate surface area is 115 Å². The number of hydrogen-bond donors (Lipinski definition) is 2. The highest BCUT2D eigenvalue weighted by atomic mass is 16.6. The molecule has 0 spiro atoms. The van der Waals surface area contributed by atoms with Crippen LogP contribution in [-0.2, 0) is 16.0 Å². The van der Waals surface area contributed by atoms with Gasteiger partial charge in [0, 0.05) is 24.2 Å². The second kappa shape index (κ2) is 5.68. The Morgan fingerprint density at radius 3 is 2.95 bits per heavy atom. The standard InChI is InChI=1S/C13H15N3O4/c1-2-12(17)14-11-5-3-8-7-9(16(19)20)4-6-10(8)15-13(11)18/h4,6-7,11H,2-3,5H2,1H3,(H,14,17)(H,15,18)/t11-/m1/s1. The number of anilines is 1. The first-order chi connectivity index (χ1) is 9.51. The number of rotatable bonds is 3. The van der Waals surface area contributed by atoms with Crippen molar-refractivity contribution in [2.45, 2.75) is 32.2 Å². The van der Waals surface area contributed by atoms with Gasteiger partial charge in [-0.2, -0.15) is 0 Å². The van der Waals surface area contributed by atoms with E-state index < -0.39 is 11.0 Å². The van der Waals surface area contributed by atoms with Gasteiger partial charge in [0.05, 0.1) is 4.92 Å². The van der Waals surface area contributed by atoms with Crippen LogP contribution in [0, 0.1) is 10.1 Å². The van der Waals surface area contributed by atoms with Crippen molar-refractivity contribution in [3.63, 3.8) is 0 Å². The van der Waals surface area contributed by atoms with Gasteiger partial charge in [-0.15, -0.1) is 0 Å². The molecule has 7 nitrogen and oxygen atoms in total. The molecule has 1 aromatic carbocycles. The number of carbonyl (C=O) groups excluding carboxylic acids is 2. The van der Waals surface area contributed by atoms with Gasteiger partial charge in [0.25, 0.3) is 5.69 Å². The molecule has 1 aliphatic rings. The molecule has 0 bridgehead atoms. The van der Waals surface area contributed by atoms with E-state index in [4.69, 9.17) is 0 Å². The van der Waals surface area contributed by atoms with Crippen molar-refractivity contribution < 1.29 is 14.5 Å². The fraction of sp³-hybridized carbons (Fsp3) is 0.385. The Kier molecular flexibility index (Phi) is 3.97. The summed E-state index contributed by atoms with van der Waals surface area (Å²) >= 11 is 0. The quantitative estimate of drug-likeness (QED) is 0.643. The Morgan fingerprint density at radius 1 is 1.55 bits per heavy atom. The molecule has 1 atom stereocenters. The fourth-order valence-corrected chi connectivity index (χ4v) is 2.11. The lowest BCUT2D eigenvalue weighted by Crippen LogP contribution is -2.42. The third kappa shape index (κ3) is 2.93. The van der Waals surface area contributed by atoms with Crippen molar-refractivity contribution in [3.8, 4) is 0 Å². The molecule has 0 fully saturated rings. The molecule has 106 valence electrons. The maximum Gasteiger partial charge on any atom is 0.269 e. The van der Waals surface area contributed by atoms with E-state index in [0.717, 1.165) is 0 Å². The van der Waals surface area contributed by atoms with E-state index in [-0.39, 0.29) is 17.5 Å². The van der Waals surface area contributed by atoms with E-state index >= 15 is 0 Å². The average Bonchev–Trinajstić information content (AvgIpc) is 2.57. The van der Waals surface area contributed by atoms with Crippen molar-refractivity contribution in [2.24, 2.45) is 0 Å². The molecule has 0 aliphatic carbocycles. The number of nitro groups is 1. The first-order valence-electron chi connectivity index (χ1n) is 6.38. The summed E-state index contributed by atoms with van der Waals surface area (Å²) in [6.45, 7) is 1.71. The minimum atomic E-state index is -0.603. The molecule has 20 heavy (non-hydrogen) atoms. The molecule has 0 unspecified atom stereocenters. The van der Waals surface area contributed by atoms with Crippen LogP contribution < -0.4 is 10.6 Å². The van der Waals surface area contributed by atoms with Crippen LogP contribution in [0.4, 0.5) is 11.4 Å². The van der Waals surface area contributed by atoms with E-state index in [1.807, 2.05) is 0 Å². The molecule has 0 radical (unpaired) electrons. The van der Waals surface area contributed by atoms with Crippen LogP contribution in [0.15, 0.2) is 18.2 Å². The fourth-order valence-electron chi connectivity index (χ4n) is 2.11. The van der Waals surface area contributed by atoms with Crippen molar-refractivity contribution in [1.82, 2.24) is 5.32 Å². The number of aryl methyl sites for hydroxylation is 1. The largest absolute Gasteiger partial charge is 0.344 e. The average molecular weight is 277 g/mol. The van der Waals surface area contributed by atoms with Gasteiger partial charge in [0.15, 0.2) is 0 Å². The molecular formula is C13H15N3O4. The lowest BCUT2D eigenvalue weighted by molar-refractivity contribution is -0.384. The van der Waals surface area contributed by atoms with Gasteiger partial charge in [-0.05, 0) is 24.5 Å². The molecule has 0 aromatic heterocycles. The van der Waals surface area contributed by atoms with Crippen molar-refractivity contribution in [2.75, 3.05) is 5.32 Å². The normalized spacial score (nSPS) is 17.6. The molecule has 0 saturated heterocycles. The lowest BCUT2D eigenvalue weighted by atomic mass is 10.1. The summed E-state index contributed by atoms with van der Waals surface area (Å²) in [7, 11) is 0. The number of benzene rings is 1. The minimum absolute atomic E-state index is 0.00552. The highest BCUT2D eigenvalue weighted by Crippen LogP contribution is 2.26. The van der Waals surface area contributed by atoms with Gasteiger partial charge in [0.1, 0.15) is 6.04 Å². The number of hydrogen-bond acceptors (Lipinski definition) is 4. The number of nitrogens with one attached hydrogen (secondary N) is 2. The predicted molar refractivity (Wildman–Crippen MR) is 72.3 cm³/mol. The van der Waals surface area contributed by atoms with Gasteiger partial charge in [-0.3, -0.25) is 19.7 Å². The molecule has 0 saturated carbocycles. The van der Waals surface area contributed by atoms with Gasteiger partial charge < -0.3 is 10.6 Å². The van der Waals surface area contributed by atoms with E-state index in [1.54, 1.807) is 6.92 Å². The third-order valence-corrected chi connectivity index (χ3v) is 3.23. The summed E-state index contributed by atoms with van der Waals surface area (Å²) in [6.07, 6.45) is 1.22. The molecule has 1 aromatic rings. The lowest BCUT2D eigenvalue weighted by Gasteiger charge is -2.14. The molecule has 2 N–H and O–H groups in total. The molecule has 1 heterocycles. The maximum absolute atomic E-state index is 12.0. The summed E-state index contributed by atoms with van der Waals surface area (Å²) < 4.78 is 0. The molecule has 7 heteroatoms. The summed E-state index contributed by atoms with van der Waals surface area (Å²) in [5.41, 5.74) is 1.27. The van der Waals surface area contributed by atoms with Crippen LogP contribution in [0.5, 0.6) is 0 Å². The number of nitro benzene ring substituents is 1. The van der Waals surface area contributed by atoms with Gasteiger partial charge >= 0.3 is 0 Å². The zero-order chi connectivity index (χ0) is 14.7. The molecule has 2 rings (SSSR count). The third-order valence-electron chi connectivity index (χ3n) is 3.23. The van der Waals surface area contributed by atoms with Crippen molar-refractivity contribution in [3.05, 3.63) is 33.9 Å². The Bertz CT molecular complexity index is 571. The smallest absolute Gasteiger partial charge is 0.269 e. The van der Waals surface area contributed by atoms with Crippen LogP contribution in [0.1, 0.15) is 25.3 Å². The number of carbonyl (C=O) groups is 2. The van der Waals surface area contributed by atoms with E-state index in [2.05, 4.69) is 10.6 Å². The summed E-state index contributed by atoms with van der Waals surface area (Å²) in [5, 5.41) is 16.1. The van der Waals surface area contributed by atoms with Crippen LogP contribution in [-0.4, -0.2) is 22.8 Å². The zero-order valence-electron chi connectivity index (χ0n) is 11.0. The van der Waals surface area contributed by atoms with Gasteiger partial charge in [-0.1, -0.05) is 6.92 Å². The number of non-ortho nitro benzene ring substituents is 1. The predicted octanol–water partition coefficient (Wildman–Crippen LogP) is 1.37. The van der Waals surface area contributed by atoms with Crippen LogP contribution in [0.25, 0.3) is 0 Å². The summed E-state index contributed by atoms with van der Waals surface area (Å²) in [5.74, 6) is -0.485. The Hall–Kier alpha value is -2.44. The van der Waals surface area contributed by atoms with Crippen molar-refractivity contribution in [1.29, 1.82) is 0 Å². The highest BCUT2D eigenvalue weighted by Gasteiger charge is 2.25. The topological polar surface area (TPSA) is 101 Å². The first-order valence-corrected chi connectivity index (χ1v) is 6.38. The highest BCUT2D eigenvalue weighted by molar-refractivity contribution is 5.98. The van der Waals surface area contributed by atoms with Gasteiger partial charge in [0.2, 0.25) is 11.8 Å². The number of amides is 2. The first kappa shape index (κ1) is 14.0. The van der Waals surface area contributed by atoms with Crippen LogP contribution >= 0.6 is 0 Å². The summed E-state index contributed by atoms with van der Waals surface area (Å²) in [6, 6.07) is 3.73. The number of nitrogens with zero attached hydrogens (tertiary/aromatic N) is 1. The van der Waals surface area contributed by atoms with Crippen LogP contribution in [0.3, 0.4) is 0 Å². The number of fused-ring (bicyclic) bond motifs is 1. The minimum Gasteiger partial charge on any atom is -0.344 e. The SMILES string of the molecule is CCC(=O)N[C@@H]1CCc2cc([N+](=O)[O-])ccc2NC1=O. The van der Waals surface area contributed by atoms with Crippen LogP contribution in [0.2, 0.25) is 0 Å². The second-order valence-corrected chi connectivity index (χ2v) is 4.60. The monoisotopic (exact) mass is 277 g/mol. The molecule has 1 aliphatic heterocycles. The van der Waals surface area contributed by atoms with Crippen molar-refractivity contribution >= 4 is 23.2 Å². The Balaban J connectivity index is 2.20. The zero-order valence-corrected chi connectivity index (χ0v) is 11.0. The maximum atomic E-state index is 12.0. The Morgan fingerprint density at radius 2 is 2.30 bits per heavy atom. The van der Waals surface area contributed by atoms with E-state index in [1.165, 1.54) is 18.2 Å². The van der Waals surface area contributed by atoms with E-state index in [0.29, 0.717) is 30.5 Å². The molecular weight excluding hydrogens is 262 g/mol. The second-order valence-electron chi connectivity index (χ2n) is 4.60.